The second kappa shape index (κ2) is 4.84. The van der Waals surface area contributed by atoms with Gasteiger partial charge in [0, 0.05) is 18.8 Å². The van der Waals surface area contributed by atoms with Crippen LogP contribution in [0.3, 0.4) is 0 Å². The summed E-state index contributed by atoms with van der Waals surface area (Å²) in [4.78, 5) is 19.2. The first-order valence-corrected chi connectivity index (χ1v) is 8.13. The molecule has 25 heavy (non-hydrogen) atoms. The van der Waals surface area contributed by atoms with Crippen molar-refractivity contribution >= 4 is 28.7 Å². The summed E-state index contributed by atoms with van der Waals surface area (Å²) >= 11 is 0. The van der Waals surface area contributed by atoms with Gasteiger partial charge >= 0.3 is 0 Å². The number of carbonyl (C=O) groups is 1. The van der Waals surface area contributed by atoms with E-state index in [4.69, 9.17) is 4.42 Å². The predicted octanol–water partition coefficient (Wildman–Crippen LogP) is 2.68. The van der Waals surface area contributed by atoms with Crippen LogP contribution in [0, 0.1) is 17.2 Å². The molecule has 2 aliphatic rings. The summed E-state index contributed by atoms with van der Waals surface area (Å²) in [5.74, 6) is -0.593. The number of aromatic nitrogens is 1. The molecule has 0 aliphatic carbocycles. The van der Waals surface area contributed by atoms with Crippen molar-refractivity contribution in [3.05, 3.63) is 54.1 Å². The molecule has 2 aromatic carbocycles. The van der Waals surface area contributed by atoms with Gasteiger partial charge in [0.2, 0.25) is 5.91 Å². The molecule has 1 aromatic heterocycles. The van der Waals surface area contributed by atoms with Crippen LogP contribution < -0.4 is 10.2 Å². The predicted molar refractivity (Wildman–Crippen MR) is 92.1 cm³/mol. The summed E-state index contributed by atoms with van der Waals surface area (Å²) < 4.78 is 5.84. The molecule has 122 valence electrons. The highest BCUT2D eigenvalue weighted by Gasteiger charge is 2.58. The van der Waals surface area contributed by atoms with Crippen molar-refractivity contribution < 1.29 is 9.21 Å². The van der Waals surface area contributed by atoms with Gasteiger partial charge < -0.3 is 14.6 Å². The number of hydrogen-bond donors (Lipinski definition) is 1. The second-order valence-corrected chi connectivity index (χ2v) is 6.50. The van der Waals surface area contributed by atoms with Gasteiger partial charge in [-0.05, 0) is 23.8 Å². The van der Waals surface area contributed by atoms with Crippen molar-refractivity contribution in [3.8, 4) is 6.07 Å². The highest BCUT2D eigenvalue weighted by atomic mass is 16.4. The number of nitrogens with one attached hydrogen (secondary N) is 1. The number of carbonyl (C=O) groups excluding carboxylic acids is 1. The van der Waals surface area contributed by atoms with Crippen LogP contribution in [-0.2, 0) is 10.2 Å². The third-order valence-electron chi connectivity index (χ3n) is 5.21. The molecule has 0 unspecified atom stereocenters. The number of nitriles is 1. The Bertz CT molecular complexity index is 1020. The topological polar surface area (TPSA) is 82.2 Å². The summed E-state index contributed by atoms with van der Waals surface area (Å²) in [6, 6.07) is 17.9. The Hall–Kier alpha value is -3.33. The Balaban J connectivity index is 1.61. The monoisotopic (exact) mass is 330 g/mol. The van der Waals surface area contributed by atoms with Gasteiger partial charge in [-0.3, -0.25) is 4.79 Å². The van der Waals surface area contributed by atoms with E-state index < -0.39 is 11.3 Å². The molecule has 1 amide bonds. The first kappa shape index (κ1) is 14.1. The standard InChI is InChI=1S/C19H14N4O2/c20-9-12-10-23(18-22-15-7-3-4-8-16(15)25-18)11-19(12)13-5-1-2-6-14(13)21-17(19)24/h1-8,12H,10-11H2,(H,21,24)/t12-,19+/m0/s1. The van der Waals surface area contributed by atoms with Crippen LogP contribution in [0.1, 0.15) is 5.56 Å². The molecule has 3 heterocycles. The summed E-state index contributed by atoms with van der Waals surface area (Å²) in [7, 11) is 0. The zero-order chi connectivity index (χ0) is 17.0. The minimum absolute atomic E-state index is 0.126. The van der Waals surface area contributed by atoms with Crippen LogP contribution in [0.25, 0.3) is 11.1 Å². The lowest BCUT2D eigenvalue weighted by Crippen LogP contribution is -2.41. The fourth-order valence-electron chi connectivity index (χ4n) is 3.98. The Morgan fingerprint density at radius 2 is 2.04 bits per heavy atom. The van der Waals surface area contributed by atoms with E-state index >= 15 is 0 Å². The third kappa shape index (κ3) is 1.78. The fourth-order valence-corrected chi connectivity index (χ4v) is 3.98. The summed E-state index contributed by atoms with van der Waals surface area (Å²) in [6.45, 7) is 0.784. The van der Waals surface area contributed by atoms with E-state index in [0.717, 1.165) is 16.8 Å². The van der Waals surface area contributed by atoms with Crippen LogP contribution in [-0.4, -0.2) is 24.0 Å². The van der Waals surface area contributed by atoms with Gasteiger partial charge in [-0.25, -0.2) is 0 Å². The molecule has 6 heteroatoms. The average Bonchev–Trinajstić information content (AvgIpc) is 3.30. The maximum absolute atomic E-state index is 12.8. The van der Waals surface area contributed by atoms with Crippen LogP contribution in [0.5, 0.6) is 0 Å². The SMILES string of the molecule is N#C[C@H]1CN(c2nc3ccccc3o2)C[C@@]12C(=O)Nc1ccccc12. The highest BCUT2D eigenvalue weighted by Crippen LogP contribution is 2.48. The molecule has 5 rings (SSSR count). The minimum atomic E-state index is -0.883. The van der Waals surface area contributed by atoms with Crippen molar-refractivity contribution in [2.45, 2.75) is 5.41 Å². The van der Waals surface area contributed by atoms with E-state index in [1.165, 1.54) is 0 Å². The number of benzene rings is 2. The van der Waals surface area contributed by atoms with Gasteiger partial charge in [-0.1, -0.05) is 30.3 Å². The highest BCUT2D eigenvalue weighted by molar-refractivity contribution is 6.07. The number of fused-ring (bicyclic) bond motifs is 3. The molecule has 2 aliphatic heterocycles. The number of amides is 1. The third-order valence-corrected chi connectivity index (χ3v) is 5.21. The Labute approximate surface area is 143 Å². The summed E-state index contributed by atoms with van der Waals surface area (Å²) in [5, 5.41) is 12.7. The van der Waals surface area contributed by atoms with Gasteiger partial charge in [0.15, 0.2) is 5.58 Å². The molecule has 0 radical (unpaired) electrons. The van der Waals surface area contributed by atoms with Crippen molar-refractivity contribution in [3.63, 3.8) is 0 Å². The van der Waals surface area contributed by atoms with Crippen molar-refractivity contribution in [1.29, 1.82) is 5.26 Å². The Morgan fingerprint density at radius 3 is 2.88 bits per heavy atom. The van der Waals surface area contributed by atoms with Gasteiger partial charge in [0.05, 0.1) is 12.0 Å². The molecule has 6 nitrogen and oxygen atoms in total. The van der Waals surface area contributed by atoms with Gasteiger partial charge in [-0.15, -0.1) is 0 Å². The zero-order valence-corrected chi connectivity index (χ0v) is 13.3. The second-order valence-electron chi connectivity index (χ2n) is 6.50. The van der Waals surface area contributed by atoms with E-state index in [9.17, 15) is 10.1 Å². The molecule has 1 N–H and O–H groups in total. The number of oxazole rings is 1. The Morgan fingerprint density at radius 1 is 1.24 bits per heavy atom. The summed E-state index contributed by atoms with van der Waals surface area (Å²) in [6.07, 6.45) is 0. The number of para-hydroxylation sites is 3. The normalized spacial score (nSPS) is 24.5. The quantitative estimate of drug-likeness (QED) is 0.742. The van der Waals surface area contributed by atoms with Crippen LogP contribution in [0.4, 0.5) is 11.7 Å². The van der Waals surface area contributed by atoms with E-state index in [1.54, 1.807) is 0 Å². The molecule has 2 atom stereocenters. The van der Waals surface area contributed by atoms with Crippen LogP contribution in [0.15, 0.2) is 52.9 Å². The number of nitrogens with zero attached hydrogens (tertiary/aromatic N) is 3. The number of hydrogen-bond acceptors (Lipinski definition) is 5. The lowest BCUT2D eigenvalue weighted by molar-refractivity contribution is -0.120. The molecule has 1 saturated heterocycles. The van der Waals surface area contributed by atoms with Gasteiger partial charge in [0.1, 0.15) is 10.9 Å². The van der Waals surface area contributed by atoms with E-state index in [0.29, 0.717) is 24.7 Å². The zero-order valence-electron chi connectivity index (χ0n) is 13.3. The fraction of sp³-hybridized carbons (Fsp3) is 0.211. The van der Waals surface area contributed by atoms with Gasteiger partial charge in [-0.2, -0.15) is 10.2 Å². The van der Waals surface area contributed by atoms with E-state index in [1.807, 2.05) is 53.4 Å². The van der Waals surface area contributed by atoms with Crippen LogP contribution >= 0.6 is 0 Å². The molecule has 1 spiro atoms. The van der Waals surface area contributed by atoms with Gasteiger partial charge in [0.25, 0.3) is 6.01 Å². The molecular formula is C19H14N4O2. The molecule has 0 saturated carbocycles. The smallest absolute Gasteiger partial charge is 0.298 e. The average molecular weight is 330 g/mol. The molecule has 1 fully saturated rings. The minimum Gasteiger partial charge on any atom is -0.423 e. The number of rotatable bonds is 1. The molecular weight excluding hydrogens is 316 g/mol. The first-order chi connectivity index (χ1) is 12.2. The summed E-state index contributed by atoms with van der Waals surface area (Å²) in [5.41, 5.74) is 2.25. The Kier molecular flexibility index (Phi) is 2.72. The lowest BCUT2D eigenvalue weighted by Gasteiger charge is -2.23. The van der Waals surface area contributed by atoms with E-state index in [-0.39, 0.29) is 5.91 Å². The first-order valence-electron chi connectivity index (χ1n) is 8.13. The maximum atomic E-state index is 12.8. The molecule has 0 bridgehead atoms. The van der Waals surface area contributed by atoms with Crippen LogP contribution in [0.2, 0.25) is 0 Å². The van der Waals surface area contributed by atoms with E-state index in [2.05, 4.69) is 16.4 Å². The maximum Gasteiger partial charge on any atom is 0.298 e. The largest absolute Gasteiger partial charge is 0.423 e. The number of anilines is 2. The van der Waals surface area contributed by atoms with Crippen molar-refractivity contribution in [1.82, 2.24) is 4.98 Å². The van der Waals surface area contributed by atoms with Crippen molar-refractivity contribution in [2.75, 3.05) is 23.3 Å². The van der Waals surface area contributed by atoms with Crippen molar-refractivity contribution in [2.24, 2.45) is 5.92 Å². The lowest BCUT2D eigenvalue weighted by atomic mass is 9.74. The molecule has 3 aromatic rings.